The fraction of sp³-hybridized carbons (Fsp3) is 0.583. The summed E-state index contributed by atoms with van der Waals surface area (Å²) >= 11 is 0. The normalized spacial score (nSPS) is 12.1. The Morgan fingerprint density at radius 1 is 1.56 bits per heavy atom. The van der Waals surface area contributed by atoms with Gasteiger partial charge in [-0.05, 0) is 6.42 Å². The number of hydrogen-bond acceptors (Lipinski definition) is 4. The van der Waals surface area contributed by atoms with Gasteiger partial charge in [0.1, 0.15) is 11.6 Å². The highest BCUT2D eigenvalue weighted by Crippen LogP contribution is 2.08. The molecule has 100 valence electrons. The Bertz CT molecular complexity index is 456. The number of carboxylic acid groups (broad SMARTS) is 1. The molecule has 0 aliphatic heterocycles. The van der Waals surface area contributed by atoms with Crippen LogP contribution in [-0.4, -0.2) is 27.6 Å². The highest BCUT2D eigenvalue weighted by atomic mass is 16.4. The minimum absolute atomic E-state index is 0.230. The fourth-order valence-electron chi connectivity index (χ4n) is 1.66. The van der Waals surface area contributed by atoms with Crippen molar-refractivity contribution in [3.05, 3.63) is 22.2 Å². The van der Waals surface area contributed by atoms with E-state index in [1.165, 1.54) is 6.07 Å². The van der Waals surface area contributed by atoms with Crippen LogP contribution in [0.15, 0.2) is 10.9 Å². The molecule has 0 spiro atoms. The number of rotatable bonds is 7. The lowest BCUT2D eigenvalue weighted by Gasteiger charge is -2.12. The molecular weight excluding hydrogens is 234 g/mol. The van der Waals surface area contributed by atoms with Gasteiger partial charge in [-0.25, -0.2) is 4.98 Å². The molecule has 0 aliphatic rings. The first kappa shape index (κ1) is 14.2. The molecule has 1 unspecified atom stereocenters. The predicted molar refractivity (Wildman–Crippen MR) is 68.8 cm³/mol. The highest BCUT2D eigenvalue weighted by molar-refractivity contribution is 5.70. The average molecular weight is 253 g/mol. The maximum Gasteiger partial charge on any atom is 0.308 e. The number of nitrogens with zero attached hydrogens (tertiary/aromatic N) is 1. The van der Waals surface area contributed by atoms with Crippen molar-refractivity contribution in [1.29, 1.82) is 0 Å². The van der Waals surface area contributed by atoms with Crippen molar-refractivity contribution >= 4 is 11.8 Å². The molecule has 0 aromatic carbocycles. The minimum Gasteiger partial charge on any atom is -0.481 e. The summed E-state index contributed by atoms with van der Waals surface area (Å²) in [5.74, 6) is -0.267. The van der Waals surface area contributed by atoms with Gasteiger partial charge in [-0.15, -0.1) is 0 Å². The number of aliphatic carboxylic acids is 1. The van der Waals surface area contributed by atoms with Crippen LogP contribution in [-0.2, 0) is 11.2 Å². The highest BCUT2D eigenvalue weighted by Gasteiger charge is 2.16. The van der Waals surface area contributed by atoms with Gasteiger partial charge in [0.2, 0.25) is 0 Å². The molecule has 0 bridgehead atoms. The van der Waals surface area contributed by atoms with Crippen LogP contribution in [0.5, 0.6) is 0 Å². The van der Waals surface area contributed by atoms with Crippen LogP contribution in [0.4, 0.5) is 5.82 Å². The van der Waals surface area contributed by atoms with E-state index < -0.39 is 11.9 Å². The number of aromatic nitrogens is 2. The third kappa shape index (κ3) is 4.20. The lowest BCUT2D eigenvalue weighted by atomic mass is 10.0. The lowest BCUT2D eigenvalue weighted by molar-refractivity contribution is -0.141. The van der Waals surface area contributed by atoms with Gasteiger partial charge in [-0.2, -0.15) is 0 Å². The second-order valence-corrected chi connectivity index (χ2v) is 4.14. The smallest absolute Gasteiger partial charge is 0.308 e. The van der Waals surface area contributed by atoms with Crippen LogP contribution in [0.1, 0.15) is 32.5 Å². The van der Waals surface area contributed by atoms with E-state index in [2.05, 4.69) is 15.3 Å². The van der Waals surface area contributed by atoms with Crippen molar-refractivity contribution in [1.82, 2.24) is 9.97 Å². The summed E-state index contributed by atoms with van der Waals surface area (Å²) < 4.78 is 0. The number of aromatic amines is 1. The standard InChI is InChI=1S/C12H19N3O3/c1-3-5-8(12(17)18)7-13-10-6-11(16)15-9(4-2)14-10/h6,8H,3-5,7H2,1-2H3,(H,17,18)(H2,13,14,15,16). The van der Waals surface area contributed by atoms with Crippen molar-refractivity contribution in [2.75, 3.05) is 11.9 Å². The van der Waals surface area contributed by atoms with Gasteiger partial charge in [0.05, 0.1) is 5.92 Å². The summed E-state index contributed by atoms with van der Waals surface area (Å²) in [6, 6.07) is 1.34. The largest absolute Gasteiger partial charge is 0.481 e. The van der Waals surface area contributed by atoms with Crippen LogP contribution in [0.3, 0.4) is 0 Å². The molecule has 0 radical (unpaired) electrons. The first-order valence-electron chi connectivity index (χ1n) is 6.13. The van der Waals surface area contributed by atoms with Crippen molar-refractivity contribution in [3.8, 4) is 0 Å². The molecule has 1 aromatic heterocycles. The number of hydrogen-bond donors (Lipinski definition) is 3. The molecule has 1 atom stereocenters. The SMILES string of the molecule is CCCC(CNc1cc(=O)[nH]c(CC)n1)C(=O)O. The fourth-order valence-corrected chi connectivity index (χ4v) is 1.66. The summed E-state index contributed by atoms with van der Waals surface area (Å²) in [5, 5.41) is 11.9. The summed E-state index contributed by atoms with van der Waals surface area (Å²) in [7, 11) is 0. The second-order valence-electron chi connectivity index (χ2n) is 4.14. The van der Waals surface area contributed by atoms with Gasteiger partial charge in [0.15, 0.2) is 0 Å². The first-order chi connectivity index (χ1) is 8.56. The Morgan fingerprint density at radius 2 is 2.28 bits per heavy atom. The van der Waals surface area contributed by atoms with E-state index in [1.54, 1.807) is 0 Å². The molecular formula is C12H19N3O3. The van der Waals surface area contributed by atoms with Crippen LogP contribution in [0.25, 0.3) is 0 Å². The molecule has 1 rings (SSSR count). The van der Waals surface area contributed by atoms with Gasteiger partial charge in [-0.1, -0.05) is 20.3 Å². The van der Waals surface area contributed by atoms with Crippen LogP contribution in [0.2, 0.25) is 0 Å². The van der Waals surface area contributed by atoms with E-state index >= 15 is 0 Å². The zero-order valence-electron chi connectivity index (χ0n) is 10.7. The van der Waals surface area contributed by atoms with Gasteiger partial charge in [0, 0.05) is 19.0 Å². The molecule has 0 aliphatic carbocycles. The van der Waals surface area contributed by atoms with Crippen LogP contribution < -0.4 is 10.9 Å². The van der Waals surface area contributed by atoms with E-state index in [1.807, 2.05) is 13.8 Å². The Morgan fingerprint density at radius 3 is 2.83 bits per heavy atom. The summed E-state index contributed by atoms with van der Waals surface area (Å²) in [6.07, 6.45) is 2.04. The molecule has 1 heterocycles. The van der Waals surface area contributed by atoms with Crippen LogP contribution >= 0.6 is 0 Å². The predicted octanol–water partition coefficient (Wildman–Crippen LogP) is 1.25. The maximum absolute atomic E-state index is 11.3. The van der Waals surface area contributed by atoms with Gasteiger partial charge < -0.3 is 15.4 Å². The van der Waals surface area contributed by atoms with Crippen molar-refractivity contribution in [2.45, 2.75) is 33.1 Å². The summed E-state index contributed by atoms with van der Waals surface area (Å²) in [5.41, 5.74) is -0.230. The zero-order valence-corrected chi connectivity index (χ0v) is 10.7. The molecule has 6 heteroatoms. The van der Waals surface area contributed by atoms with Gasteiger partial charge in [-0.3, -0.25) is 9.59 Å². The summed E-state index contributed by atoms with van der Waals surface area (Å²) in [4.78, 5) is 29.1. The number of carboxylic acids is 1. The van der Waals surface area contributed by atoms with Gasteiger partial charge in [0.25, 0.3) is 5.56 Å². The van der Waals surface area contributed by atoms with E-state index in [9.17, 15) is 9.59 Å². The Labute approximate surface area is 105 Å². The molecule has 3 N–H and O–H groups in total. The zero-order chi connectivity index (χ0) is 13.5. The van der Waals surface area contributed by atoms with Crippen molar-refractivity contribution in [3.63, 3.8) is 0 Å². The third-order valence-electron chi connectivity index (χ3n) is 2.64. The minimum atomic E-state index is -0.829. The lowest BCUT2D eigenvalue weighted by Crippen LogP contribution is -2.24. The Hall–Kier alpha value is -1.85. The first-order valence-corrected chi connectivity index (χ1v) is 6.13. The molecule has 0 amide bonds. The molecule has 1 aromatic rings. The molecule has 18 heavy (non-hydrogen) atoms. The van der Waals surface area contributed by atoms with E-state index in [0.717, 1.165) is 6.42 Å². The number of nitrogens with one attached hydrogen (secondary N) is 2. The Balaban J connectivity index is 2.69. The van der Waals surface area contributed by atoms with Crippen molar-refractivity contribution in [2.24, 2.45) is 5.92 Å². The summed E-state index contributed by atoms with van der Waals surface area (Å²) in [6.45, 7) is 4.11. The van der Waals surface area contributed by atoms with Gasteiger partial charge >= 0.3 is 5.97 Å². The molecule has 0 fully saturated rings. The molecule has 0 saturated heterocycles. The number of anilines is 1. The Kier molecular flexibility index (Phi) is 5.35. The number of aryl methyl sites for hydroxylation is 1. The second kappa shape index (κ2) is 6.78. The maximum atomic E-state index is 11.3. The quantitative estimate of drug-likeness (QED) is 0.679. The van der Waals surface area contributed by atoms with Crippen molar-refractivity contribution < 1.29 is 9.90 Å². The average Bonchev–Trinajstić information content (AvgIpc) is 2.33. The van der Waals surface area contributed by atoms with E-state index in [0.29, 0.717) is 24.5 Å². The van der Waals surface area contributed by atoms with E-state index in [-0.39, 0.29) is 12.1 Å². The monoisotopic (exact) mass is 253 g/mol. The van der Waals surface area contributed by atoms with E-state index in [4.69, 9.17) is 5.11 Å². The number of carbonyl (C=O) groups is 1. The third-order valence-corrected chi connectivity index (χ3v) is 2.64. The van der Waals surface area contributed by atoms with Crippen LogP contribution in [0, 0.1) is 5.92 Å². The molecule has 6 nitrogen and oxygen atoms in total. The molecule has 0 saturated carbocycles. The topological polar surface area (TPSA) is 95.1 Å². The number of H-pyrrole nitrogens is 1.